The molecular formula is C13H13ClN2O3. The molecule has 0 spiro atoms. The minimum Gasteiger partial charge on any atom is -0.491 e. The van der Waals surface area contributed by atoms with Crippen LogP contribution < -0.4 is 4.74 Å². The number of rotatable bonds is 5. The smallest absolute Gasteiger partial charge is 0.279 e. The van der Waals surface area contributed by atoms with Gasteiger partial charge in [-0.25, -0.2) is 0 Å². The van der Waals surface area contributed by atoms with Crippen molar-refractivity contribution in [2.45, 2.75) is 6.92 Å². The van der Waals surface area contributed by atoms with Crippen LogP contribution in [-0.2, 0) is 0 Å². The third-order valence-corrected chi connectivity index (χ3v) is 3.22. The molecule has 0 aliphatic heterocycles. The summed E-state index contributed by atoms with van der Waals surface area (Å²) < 4.78 is 5.64. The number of nitro benzene ring substituents is 1. The molecule has 100 valence electrons. The van der Waals surface area contributed by atoms with E-state index in [0.29, 0.717) is 29.1 Å². The maximum atomic E-state index is 11.0. The number of aromatic nitrogens is 1. The van der Waals surface area contributed by atoms with Gasteiger partial charge in [0.1, 0.15) is 11.3 Å². The summed E-state index contributed by atoms with van der Waals surface area (Å²) in [5, 5.41) is 11.4. The van der Waals surface area contributed by atoms with E-state index in [2.05, 4.69) is 4.98 Å². The molecule has 1 aromatic heterocycles. The standard InChI is InChI=1S/C13H13ClN2O3/c1-9(7-14)8-19-12-5-4-11(16(17)18)10-3-2-6-15-13(10)12/h2-6,9H,7-8H2,1H3. The van der Waals surface area contributed by atoms with Gasteiger partial charge in [0, 0.05) is 24.1 Å². The number of halogens is 1. The quantitative estimate of drug-likeness (QED) is 0.478. The molecule has 2 rings (SSSR count). The molecular weight excluding hydrogens is 268 g/mol. The van der Waals surface area contributed by atoms with Crippen molar-refractivity contribution in [3.05, 3.63) is 40.6 Å². The highest BCUT2D eigenvalue weighted by Crippen LogP contribution is 2.31. The summed E-state index contributed by atoms with van der Waals surface area (Å²) in [6.07, 6.45) is 1.59. The first-order valence-electron chi connectivity index (χ1n) is 5.84. The van der Waals surface area contributed by atoms with Crippen LogP contribution in [0.4, 0.5) is 5.69 Å². The molecule has 0 bridgehead atoms. The fourth-order valence-electron chi connectivity index (χ4n) is 1.68. The summed E-state index contributed by atoms with van der Waals surface area (Å²) in [6.45, 7) is 2.42. The summed E-state index contributed by atoms with van der Waals surface area (Å²) in [5.41, 5.74) is 0.527. The van der Waals surface area contributed by atoms with Crippen molar-refractivity contribution < 1.29 is 9.66 Å². The van der Waals surface area contributed by atoms with Gasteiger partial charge in [0.25, 0.3) is 5.69 Å². The zero-order valence-electron chi connectivity index (χ0n) is 10.4. The van der Waals surface area contributed by atoms with E-state index in [1.165, 1.54) is 6.07 Å². The first kappa shape index (κ1) is 13.5. The molecule has 0 amide bonds. The van der Waals surface area contributed by atoms with Crippen molar-refractivity contribution in [1.82, 2.24) is 4.98 Å². The van der Waals surface area contributed by atoms with Gasteiger partial charge in [0.2, 0.25) is 0 Å². The van der Waals surface area contributed by atoms with Gasteiger partial charge < -0.3 is 4.74 Å². The van der Waals surface area contributed by atoms with Crippen LogP contribution in [0.2, 0.25) is 0 Å². The molecule has 0 fully saturated rings. The number of hydrogen-bond donors (Lipinski definition) is 0. The monoisotopic (exact) mass is 280 g/mol. The van der Waals surface area contributed by atoms with Crippen molar-refractivity contribution in [3.63, 3.8) is 0 Å². The summed E-state index contributed by atoms with van der Waals surface area (Å²) in [6, 6.07) is 6.35. The lowest BCUT2D eigenvalue weighted by atomic mass is 10.1. The fourth-order valence-corrected chi connectivity index (χ4v) is 1.77. The molecule has 0 radical (unpaired) electrons. The number of alkyl halides is 1. The Hall–Kier alpha value is -1.88. The number of pyridine rings is 1. The minimum atomic E-state index is -0.421. The Balaban J connectivity index is 2.41. The Labute approximate surface area is 115 Å². The van der Waals surface area contributed by atoms with E-state index in [-0.39, 0.29) is 11.6 Å². The van der Waals surface area contributed by atoms with Crippen molar-refractivity contribution >= 4 is 28.2 Å². The van der Waals surface area contributed by atoms with E-state index in [0.717, 1.165) is 0 Å². The molecule has 0 aliphatic carbocycles. The molecule has 19 heavy (non-hydrogen) atoms. The Kier molecular flexibility index (Phi) is 4.16. The number of nitro groups is 1. The summed E-state index contributed by atoms with van der Waals surface area (Å²) >= 11 is 5.72. The number of non-ortho nitro benzene ring substituents is 1. The van der Waals surface area contributed by atoms with Crippen LogP contribution in [0.3, 0.4) is 0 Å². The summed E-state index contributed by atoms with van der Waals surface area (Å²) in [5.74, 6) is 1.24. The van der Waals surface area contributed by atoms with Crippen LogP contribution >= 0.6 is 11.6 Å². The largest absolute Gasteiger partial charge is 0.491 e. The van der Waals surface area contributed by atoms with Crippen molar-refractivity contribution in [1.29, 1.82) is 0 Å². The first-order chi connectivity index (χ1) is 9.13. The van der Waals surface area contributed by atoms with Gasteiger partial charge in [-0.2, -0.15) is 0 Å². The van der Waals surface area contributed by atoms with Gasteiger partial charge in [-0.1, -0.05) is 6.92 Å². The van der Waals surface area contributed by atoms with Crippen LogP contribution in [0.1, 0.15) is 6.92 Å². The molecule has 2 aromatic rings. The van der Waals surface area contributed by atoms with E-state index in [9.17, 15) is 10.1 Å². The van der Waals surface area contributed by atoms with E-state index >= 15 is 0 Å². The molecule has 1 aromatic carbocycles. The maximum absolute atomic E-state index is 11.0. The number of ether oxygens (including phenoxy) is 1. The molecule has 0 saturated carbocycles. The molecule has 0 saturated heterocycles. The molecule has 0 N–H and O–H groups in total. The molecule has 1 heterocycles. The highest BCUT2D eigenvalue weighted by Gasteiger charge is 2.16. The zero-order valence-corrected chi connectivity index (χ0v) is 11.1. The normalized spacial score (nSPS) is 12.3. The third-order valence-electron chi connectivity index (χ3n) is 2.69. The minimum absolute atomic E-state index is 0.0286. The number of fused-ring (bicyclic) bond motifs is 1. The highest BCUT2D eigenvalue weighted by atomic mass is 35.5. The molecule has 1 unspecified atom stereocenters. The lowest BCUT2D eigenvalue weighted by Gasteiger charge is -2.11. The molecule has 5 nitrogen and oxygen atoms in total. The van der Waals surface area contributed by atoms with Crippen molar-refractivity contribution in [3.8, 4) is 5.75 Å². The second kappa shape index (κ2) is 5.84. The van der Waals surface area contributed by atoms with Crippen molar-refractivity contribution in [2.24, 2.45) is 5.92 Å². The summed E-state index contributed by atoms with van der Waals surface area (Å²) in [7, 11) is 0. The van der Waals surface area contributed by atoms with Crippen LogP contribution in [0.15, 0.2) is 30.5 Å². The SMILES string of the molecule is CC(CCl)COc1ccc([N+](=O)[O-])c2cccnc12. The second-order valence-electron chi connectivity index (χ2n) is 4.31. The fraction of sp³-hybridized carbons (Fsp3) is 0.308. The second-order valence-corrected chi connectivity index (χ2v) is 4.62. The van der Waals surface area contributed by atoms with E-state index < -0.39 is 4.92 Å². The van der Waals surface area contributed by atoms with Crippen LogP contribution in [-0.4, -0.2) is 22.4 Å². The number of nitrogens with zero attached hydrogens (tertiary/aromatic N) is 2. The lowest BCUT2D eigenvalue weighted by molar-refractivity contribution is -0.383. The predicted molar refractivity (Wildman–Crippen MR) is 73.8 cm³/mol. The van der Waals surface area contributed by atoms with E-state index in [1.54, 1.807) is 24.4 Å². The predicted octanol–water partition coefficient (Wildman–Crippen LogP) is 3.40. The van der Waals surface area contributed by atoms with Gasteiger partial charge in [-0.15, -0.1) is 11.6 Å². The van der Waals surface area contributed by atoms with Gasteiger partial charge in [0.05, 0.1) is 16.9 Å². The van der Waals surface area contributed by atoms with Crippen LogP contribution in [0, 0.1) is 16.0 Å². The van der Waals surface area contributed by atoms with E-state index in [1.807, 2.05) is 6.92 Å². The number of benzene rings is 1. The average molecular weight is 281 g/mol. The zero-order chi connectivity index (χ0) is 13.8. The number of hydrogen-bond acceptors (Lipinski definition) is 4. The third kappa shape index (κ3) is 2.93. The van der Waals surface area contributed by atoms with Gasteiger partial charge in [0.15, 0.2) is 0 Å². The van der Waals surface area contributed by atoms with Crippen LogP contribution in [0.5, 0.6) is 5.75 Å². The summed E-state index contributed by atoms with van der Waals surface area (Å²) in [4.78, 5) is 14.7. The molecule has 1 atom stereocenters. The molecule has 6 heteroatoms. The highest BCUT2D eigenvalue weighted by molar-refractivity contribution is 6.18. The van der Waals surface area contributed by atoms with Crippen molar-refractivity contribution in [2.75, 3.05) is 12.5 Å². The Morgan fingerprint density at radius 3 is 2.95 bits per heavy atom. The van der Waals surface area contributed by atoms with E-state index in [4.69, 9.17) is 16.3 Å². The Bertz CT molecular complexity index is 603. The average Bonchev–Trinajstić information content (AvgIpc) is 2.43. The molecule has 0 aliphatic rings. The Morgan fingerprint density at radius 2 is 2.26 bits per heavy atom. The van der Waals surface area contributed by atoms with Gasteiger partial charge >= 0.3 is 0 Å². The Morgan fingerprint density at radius 1 is 1.47 bits per heavy atom. The lowest BCUT2D eigenvalue weighted by Crippen LogP contribution is -2.10. The topological polar surface area (TPSA) is 65.3 Å². The van der Waals surface area contributed by atoms with Crippen LogP contribution in [0.25, 0.3) is 10.9 Å². The van der Waals surface area contributed by atoms with Gasteiger partial charge in [-0.3, -0.25) is 15.1 Å². The maximum Gasteiger partial charge on any atom is 0.279 e. The first-order valence-corrected chi connectivity index (χ1v) is 6.38. The van der Waals surface area contributed by atoms with Gasteiger partial charge in [-0.05, 0) is 18.2 Å².